The summed E-state index contributed by atoms with van der Waals surface area (Å²) in [7, 11) is 2.19. The third kappa shape index (κ3) is 2.61. The lowest BCUT2D eigenvalue weighted by Crippen LogP contribution is -2.41. The molecule has 0 aromatic carbocycles. The van der Waals surface area contributed by atoms with E-state index >= 15 is 0 Å². The lowest BCUT2D eigenvalue weighted by molar-refractivity contribution is 0.0394. The Bertz CT molecular complexity index is 491. The molecule has 3 fully saturated rings. The van der Waals surface area contributed by atoms with Gasteiger partial charge >= 0.3 is 0 Å². The van der Waals surface area contributed by atoms with Crippen molar-refractivity contribution < 1.29 is 4.74 Å². The van der Waals surface area contributed by atoms with Crippen molar-refractivity contribution in [2.45, 2.75) is 37.8 Å². The van der Waals surface area contributed by atoms with Crippen LogP contribution in [0.4, 0.5) is 5.82 Å². The van der Waals surface area contributed by atoms with Gasteiger partial charge in [-0.05, 0) is 49.7 Å². The third-order valence-corrected chi connectivity index (χ3v) is 5.97. The average Bonchev–Trinajstić information content (AvgIpc) is 3.16. The molecule has 5 nitrogen and oxygen atoms in total. The zero-order valence-corrected chi connectivity index (χ0v) is 13.4. The molecule has 0 spiro atoms. The quantitative estimate of drug-likeness (QED) is 0.852. The maximum atomic E-state index is 5.52. The van der Waals surface area contributed by atoms with Gasteiger partial charge in [-0.25, -0.2) is 0 Å². The molecule has 0 radical (unpaired) electrons. The maximum Gasteiger partial charge on any atom is 0.151 e. The second-order valence-electron chi connectivity index (χ2n) is 7.06. The van der Waals surface area contributed by atoms with Gasteiger partial charge in [0, 0.05) is 51.6 Å². The molecule has 0 N–H and O–H groups in total. The van der Waals surface area contributed by atoms with E-state index in [4.69, 9.17) is 4.74 Å². The maximum absolute atomic E-state index is 5.52. The van der Waals surface area contributed by atoms with E-state index in [1.807, 2.05) is 6.07 Å². The Kier molecular flexibility index (Phi) is 4.01. The standard InChI is InChI=1S/C17H26N4O/c1-20(17-3-2-8-18-19-17)16-5-4-13-11-21(12-15(13)16)14-6-9-22-10-7-14/h2-3,8,13-16H,4-7,9-12H2,1H3/t13-,15+,16-/m1/s1. The summed E-state index contributed by atoms with van der Waals surface area (Å²) in [5, 5.41) is 8.33. The van der Waals surface area contributed by atoms with Crippen LogP contribution < -0.4 is 4.90 Å². The van der Waals surface area contributed by atoms with Gasteiger partial charge in [0.05, 0.1) is 0 Å². The predicted octanol–water partition coefficient (Wildman–Crippen LogP) is 1.80. The fraction of sp³-hybridized carbons (Fsp3) is 0.765. The Morgan fingerprint density at radius 3 is 2.82 bits per heavy atom. The summed E-state index contributed by atoms with van der Waals surface area (Å²) in [5.41, 5.74) is 0. The molecule has 1 aromatic heterocycles. The van der Waals surface area contributed by atoms with Gasteiger partial charge in [-0.1, -0.05) is 0 Å². The van der Waals surface area contributed by atoms with Crippen molar-refractivity contribution in [1.82, 2.24) is 15.1 Å². The Morgan fingerprint density at radius 1 is 1.18 bits per heavy atom. The molecule has 0 unspecified atom stereocenters. The molecule has 1 aliphatic carbocycles. The lowest BCUT2D eigenvalue weighted by atomic mass is 9.97. The number of nitrogens with zero attached hydrogens (tertiary/aromatic N) is 4. The van der Waals surface area contributed by atoms with Crippen LogP contribution in [0.1, 0.15) is 25.7 Å². The highest BCUT2D eigenvalue weighted by Crippen LogP contribution is 2.42. The molecule has 0 amide bonds. The van der Waals surface area contributed by atoms with Crippen molar-refractivity contribution in [2.75, 3.05) is 38.3 Å². The number of ether oxygens (including phenoxy) is 1. The van der Waals surface area contributed by atoms with E-state index in [1.165, 1.54) is 38.8 Å². The first-order valence-electron chi connectivity index (χ1n) is 8.65. The van der Waals surface area contributed by atoms with Crippen molar-refractivity contribution in [2.24, 2.45) is 11.8 Å². The van der Waals surface area contributed by atoms with Gasteiger partial charge in [0.1, 0.15) is 0 Å². The molecular formula is C17H26N4O. The Balaban J connectivity index is 1.44. The first-order chi connectivity index (χ1) is 10.8. The Labute approximate surface area is 132 Å². The molecule has 5 heteroatoms. The van der Waals surface area contributed by atoms with E-state index < -0.39 is 0 Å². The minimum atomic E-state index is 0.617. The highest BCUT2D eigenvalue weighted by Gasteiger charge is 2.45. The summed E-state index contributed by atoms with van der Waals surface area (Å²) < 4.78 is 5.52. The SMILES string of the molecule is CN(c1cccnn1)[C@@H]1CC[C@@H]2CN(C3CCOCC3)C[C@@H]21. The van der Waals surface area contributed by atoms with E-state index in [0.29, 0.717) is 6.04 Å². The van der Waals surface area contributed by atoms with E-state index in [0.717, 1.165) is 36.9 Å². The average molecular weight is 302 g/mol. The molecule has 3 aliphatic rings. The molecule has 1 aromatic rings. The van der Waals surface area contributed by atoms with Crippen LogP contribution in [0.3, 0.4) is 0 Å². The van der Waals surface area contributed by atoms with Crippen LogP contribution in [0.15, 0.2) is 18.3 Å². The summed E-state index contributed by atoms with van der Waals surface area (Å²) >= 11 is 0. The minimum Gasteiger partial charge on any atom is -0.381 e. The monoisotopic (exact) mass is 302 g/mol. The van der Waals surface area contributed by atoms with Gasteiger partial charge in [-0.3, -0.25) is 4.90 Å². The summed E-state index contributed by atoms with van der Waals surface area (Å²) in [6.07, 6.45) is 6.83. The van der Waals surface area contributed by atoms with Crippen molar-refractivity contribution in [3.8, 4) is 0 Å². The van der Waals surface area contributed by atoms with Gasteiger partial charge in [0.15, 0.2) is 5.82 Å². The molecule has 2 saturated heterocycles. The van der Waals surface area contributed by atoms with Crippen LogP contribution in [0.5, 0.6) is 0 Å². The van der Waals surface area contributed by atoms with Gasteiger partial charge in [-0.2, -0.15) is 5.10 Å². The van der Waals surface area contributed by atoms with Crippen LogP contribution in [-0.2, 0) is 4.74 Å². The van der Waals surface area contributed by atoms with Crippen molar-refractivity contribution in [3.05, 3.63) is 18.3 Å². The normalized spacial score (nSPS) is 33.0. The second kappa shape index (κ2) is 6.13. The van der Waals surface area contributed by atoms with Gasteiger partial charge < -0.3 is 9.64 Å². The van der Waals surface area contributed by atoms with E-state index in [1.54, 1.807) is 6.20 Å². The fourth-order valence-electron chi connectivity index (χ4n) is 4.75. The Morgan fingerprint density at radius 2 is 2.05 bits per heavy atom. The van der Waals surface area contributed by atoms with Crippen molar-refractivity contribution >= 4 is 5.82 Å². The first-order valence-corrected chi connectivity index (χ1v) is 8.65. The van der Waals surface area contributed by atoms with Crippen LogP contribution in [0, 0.1) is 11.8 Å². The van der Waals surface area contributed by atoms with E-state index in [9.17, 15) is 0 Å². The molecular weight excluding hydrogens is 276 g/mol. The number of aromatic nitrogens is 2. The molecule has 4 rings (SSSR count). The predicted molar refractivity (Wildman–Crippen MR) is 85.9 cm³/mol. The number of fused-ring (bicyclic) bond motifs is 1. The summed E-state index contributed by atoms with van der Waals surface area (Å²) in [6, 6.07) is 5.42. The molecule has 2 aliphatic heterocycles. The zero-order valence-electron chi connectivity index (χ0n) is 13.4. The molecule has 3 atom stereocenters. The molecule has 0 bridgehead atoms. The van der Waals surface area contributed by atoms with E-state index in [2.05, 4.69) is 33.1 Å². The Hall–Kier alpha value is -1.20. The van der Waals surface area contributed by atoms with Crippen molar-refractivity contribution in [3.63, 3.8) is 0 Å². The largest absolute Gasteiger partial charge is 0.381 e. The highest BCUT2D eigenvalue weighted by atomic mass is 16.5. The zero-order chi connectivity index (χ0) is 14.9. The van der Waals surface area contributed by atoms with Gasteiger partial charge in [-0.15, -0.1) is 5.10 Å². The fourth-order valence-corrected chi connectivity index (χ4v) is 4.75. The number of hydrogen-bond donors (Lipinski definition) is 0. The van der Waals surface area contributed by atoms with Crippen LogP contribution in [0.2, 0.25) is 0 Å². The van der Waals surface area contributed by atoms with Crippen LogP contribution in [-0.4, -0.2) is 60.5 Å². The topological polar surface area (TPSA) is 41.5 Å². The van der Waals surface area contributed by atoms with E-state index in [-0.39, 0.29) is 0 Å². The van der Waals surface area contributed by atoms with Gasteiger partial charge in [0.2, 0.25) is 0 Å². The molecule has 120 valence electrons. The highest BCUT2D eigenvalue weighted by molar-refractivity contribution is 5.37. The summed E-state index contributed by atoms with van der Waals surface area (Å²) in [4.78, 5) is 5.11. The van der Waals surface area contributed by atoms with Gasteiger partial charge in [0.25, 0.3) is 0 Å². The summed E-state index contributed by atoms with van der Waals surface area (Å²) in [6.45, 7) is 4.43. The second-order valence-corrected chi connectivity index (χ2v) is 7.06. The third-order valence-electron chi connectivity index (χ3n) is 5.97. The smallest absolute Gasteiger partial charge is 0.151 e. The van der Waals surface area contributed by atoms with Crippen molar-refractivity contribution in [1.29, 1.82) is 0 Å². The minimum absolute atomic E-state index is 0.617. The first kappa shape index (κ1) is 14.4. The summed E-state index contributed by atoms with van der Waals surface area (Å²) in [5.74, 6) is 2.67. The number of hydrogen-bond acceptors (Lipinski definition) is 5. The molecule has 22 heavy (non-hydrogen) atoms. The number of anilines is 1. The molecule has 1 saturated carbocycles. The van der Waals surface area contributed by atoms with Crippen LogP contribution >= 0.6 is 0 Å². The lowest BCUT2D eigenvalue weighted by Gasteiger charge is -2.33. The number of rotatable bonds is 3. The van der Waals surface area contributed by atoms with Crippen LogP contribution in [0.25, 0.3) is 0 Å². The molecule has 3 heterocycles. The number of likely N-dealkylation sites (tertiary alicyclic amines) is 1.